The number of pyridine rings is 1. The summed E-state index contributed by atoms with van der Waals surface area (Å²) in [6, 6.07) is 3.92. The highest BCUT2D eigenvalue weighted by Crippen LogP contribution is 2.44. The molecule has 1 saturated heterocycles. The Morgan fingerprint density at radius 3 is 2.68 bits per heavy atom. The van der Waals surface area contributed by atoms with E-state index in [1.54, 1.807) is 42.0 Å². The summed E-state index contributed by atoms with van der Waals surface area (Å²) in [4.78, 5) is 51.2. The van der Waals surface area contributed by atoms with Crippen LogP contribution in [0.4, 0.5) is 18.0 Å². The lowest BCUT2D eigenvalue weighted by molar-refractivity contribution is -0.140. The number of aromatic nitrogens is 2. The first kappa shape index (κ1) is 32.7. The Balaban J connectivity index is 1.33. The summed E-state index contributed by atoms with van der Waals surface area (Å²) in [5.74, 6) is 0.385. The average Bonchev–Trinajstić information content (AvgIpc) is 3.46. The maximum Gasteiger partial charge on any atom is 0.434 e. The first-order valence-electron chi connectivity index (χ1n) is 15.6. The van der Waals surface area contributed by atoms with Gasteiger partial charge in [0.1, 0.15) is 46.2 Å². The van der Waals surface area contributed by atoms with Crippen LogP contribution in [0.5, 0.6) is 11.5 Å². The Bertz CT molecular complexity index is 1730. The average molecular weight is 672 g/mol. The molecule has 10 nitrogen and oxygen atoms in total. The lowest BCUT2D eigenvalue weighted by atomic mass is 9.97. The van der Waals surface area contributed by atoms with E-state index >= 15 is 0 Å². The van der Waals surface area contributed by atoms with E-state index in [2.05, 4.69) is 15.3 Å². The van der Waals surface area contributed by atoms with E-state index in [1.807, 2.05) is 12.2 Å². The van der Waals surface area contributed by atoms with Crippen LogP contribution in [0, 0.1) is 12.8 Å². The van der Waals surface area contributed by atoms with Crippen molar-refractivity contribution in [2.24, 2.45) is 5.92 Å². The van der Waals surface area contributed by atoms with Crippen LogP contribution < -0.4 is 14.8 Å². The summed E-state index contributed by atoms with van der Waals surface area (Å²) in [6.45, 7) is 2.57. The van der Waals surface area contributed by atoms with E-state index in [0.29, 0.717) is 47.4 Å². The van der Waals surface area contributed by atoms with Crippen LogP contribution in [0.3, 0.4) is 0 Å². The van der Waals surface area contributed by atoms with Gasteiger partial charge in [-0.2, -0.15) is 13.2 Å². The molecular weight excluding hydrogens is 635 g/mol. The SMILES string of the molecule is COc1ccc2c(OC3CCN4C(=O)N(C)CCCC/C=C/C5CC5(C=O)NC(=O)C4C3)cc(-c3nc(C(F)(F)F)cs3)nc2c1C. The number of ether oxygens (including phenoxy) is 2. The van der Waals surface area contributed by atoms with Gasteiger partial charge in [0.05, 0.1) is 12.6 Å². The lowest BCUT2D eigenvalue weighted by Gasteiger charge is -2.40. The number of allylic oxidation sites excluding steroid dienone is 1. The molecule has 0 radical (unpaired) electrons. The zero-order valence-corrected chi connectivity index (χ0v) is 27.1. The van der Waals surface area contributed by atoms with Gasteiger partial charge in [0.2, 0.25) is 5.91 Å². The van der Waals surface area contributed by atoms with E-state index in [-0.39, 0.29) is 35.6 Å². The fourth-order valence-electron chi connectivity index (χ4n) is 6.38. The molecule has 6 rings (SSSR count). The Morgan fingerprint density at radius 2 is 1.96 bits per heavy atom. The number of hydrogen-bond donors (Lipinski definition) is 1. The number of rotatable bonds is 5. The predicted octanol–water partition coefficient (Wildman–Crippen LogP) is 5.77. The Morgan fingerprint density at radius 1 is 1.15 bits per heavy atom. The highest BCUT2D eigenvalue weighted by Gasteiger charge is 2.55. The Hall–Kier alpha value is -4.20. The van der Waals surface area contributed by atoms with Crippen molar-refractivity contribution in [1.82, 2.24) is 25.1 Å². The maximum atomic E-state index is 13.8. The van der Waals surface area contributed by atoms with Crippen LogP contribution >= 0.6 is 11.3 Å². The number of thiazole rings is 1. The van der Waals surface area contributed by atoms with Gasteiger partial charge in [-0.05, 0) is 44.7 Å². The molecular formula is C33H36F3N5O5S. The van der Waals surface area contributed by atoms with Crippen molar-refractivity contribution in [3.63, 3.8) is 0 Å². The zero-order chi connectivity index (χ0) is 33.5. The van der Waals surface area contributed by atoms with Crippen LogP contribution in [-0.2, 0) is 15.8 Å². The number of carbonyl (C=O) groups is 3. The van der Waals surface area contributed by atoms with Crippen molar-refractivity contribution in [3.05, 3.63) is 47.0 Å². The van der Waals surface area contributed by atoms with Crippen molar-refractivity contribution in [1.29, 1.82) is 0 Å². The predicted molar refractivity (Wildman–Crippen MR) is 169 cm³/mol. The molecule has 4 unspecified atom stereocenters. The lowest BCUT2D eigenvalue weighted by Crippen LogP contribution is -2.59. The molecule has 47 heavy (non-hydrogen) atoms. The number of fused-ring (bicyclic) bond motifs is 3. The van der Waals surface area contributed by atoms with Crippen molar-refractivity contribution < 1.29 is 37.0 Å². The summed E-state index contributed by atoms with van der Waals surface area (Å²) in [7, 11) is 3.24. The number of hydrogen-bond acceptors (Lipinski definition) is 8. The highest BCUT2D eigenvalue weighted by molar-refractivity contribution is 7.13. The molecule has 2 fully saturated rings. The van der Waals surface area contributed by atoms with Gasteiger partial charge in [-0.15, -0.1) is 11.3 Å². The molecule has 2 aliphatic heterocycles. The minimum absolute atomic E-state index is 0.0763. The van der Waals surface area contributed by atoms with Crippen molar-refractivity contribution in [3.8, 4) is 22.2 Å². The molecule has 1 saturated carbocycles. The molecule has 1 aromatic carbocycles. The fourth-order valence-corrected chi connectivity index (χ4v) is 7.16. The molecule has 0 bridgehead atoms. The number of amides is 3. The number of nitrogens with zero attached hydrogens (tertiary/aromatic N) is 4. The van der Waals surface area contributed by atoms with Gasteiger partial charge in [0.15, 0.2) is 5.69 Å². The molecule has 0 spiro atoms. The third-order valence-corrected chi connectivity index (χ3v) is 10.1. The number of methoxy groups -OCH3 is 1. The number of halogens is 3. The van der Waals surface area contributed by atoms with Crippen LogP contribution in [-0.4, -0.2) is 82.9 Å². The number of nitrogens with one attached hydrogen (secondary N) is 1. The maximum absolute atomic E-state index is 13.8. The molecule has 3 amide bonds. The largest absolute Gasteiger partial charge is 0.496 e. The highest BCUT2D eigenvalue weighted by atomic mass is 32.1. The molecule has 14 heteroatoms. The van der Waals surface area contributed by atoms with Gasteiger partial charge in [-0.1, -0.05) is 12.2 Å². The summed E-state index contributed by atoms with van der Waals surface area (Å²) in [5, 5.41) is 4.57. The molecule has 250 valence electrons. The van der Waals surface area contributed by atoms with Crippen molar-refractivity contribution in [2.75, 3.05) is 27.2 Å². The van der Waals surface area contributed by atoms with Gasteiger partial charge >= 0.3 is 12.2 Å². The van der Waals surface area contributed by atoms with Gasteiger partial charge in [-0.25, -0.2) is 14.8 Å². The molecule has 1 aliphatic carbocycles. The molecule has 4 heterocycles. The second kappa shape index (κ2) is 12.8. The number of alkyl halides is 3. The third kappa shape index (κ3) is 6.52. The standard InChI is InChI=1S/C33H36F3N5O5S/c1-19-25(45-3)10-9-22-26(15-23(37-28(19)22)30-38-27(17-47-30)33(34,35)36)46-21-11-13-41-24(14-21)29(43)39-32(18-42)16-20(32)8-6-4-5-7-12-40(2)31(41)44/h6,8-10,15,17-18,20-21,24H,4-5,7,11-14,16H2,1-3H3,(H,39,43)/b8-6+. The number of aldehydes is 1. The smallest absolute Gasteiger partial charge is 0.434 e. The number of urea groups is 1. The Labute approximate surface area is 273 Å². The summed E-state index contributed by atoms with van der Waals surface area (Å²) in [5.41, 5.74) is -0.652. The van der Waals surface area contributed by atoms with Crippen molar-refractivity contribution >= 4 is 40.5 Å². The number of piperidine rings is 1. The summed E-state index contributed by atoms with van der Waals surface area (Å²) in [6.07, 6.45) is 3.24. The van der Waals surface area contributed by atoms with E-state index < -0.39 is 35.5 Å². The normalized spacial score (nSPS) is 26.1. The van der Waals surface area contributed by atoms with Gasteiger partial charge in [0, 0.05) is 61.3 Å². The quantitative estimate of drug-likeness (QED) is 0.271. The minimum Gasteiger partial charge on any atom is -0.496 e. The van der Waals surface area contributed by atoms with Crippen LogP contribution in [0.2, 0.25) is 0 Å². The number of carbonyl (C=O) groups excluding carboxylic acids is 3. The van der Waals surface area contributed by atoms with Crippen LogP contribution in [0.25, 0.3) is 21.6 Å². The minimum atomic E-state index is -4.60. The second-order valence-electron chi connectivity index (χ2n) is 12.4. The molecule has 3 aromatic rings. The zero-order valence-electron chi connectivity index (χ0n) is 26.3. The van der Waals surface area contributed by atoms with Crippen LogP contribution in [0.1, 0.15) is 49.8 Å². The summed E-state index contributed by atoms with van der Waals surface area (Å²) >= 11 is 0.829. The van der Waals surface area contributed by atoms with Crippen molar-refractivity contribution in [2.45, 2.75) is 69.3 Å². The Kier molecular flexibility index (Phi) is 8.90. The van der Waals surface area contributed by atoms with E-state index in [4.69, 9.17) is 9.47 Å². The van der Waals surface area contributed by atoms with Crippen LogP contribution in [0.15, 0.2) is 35.7 Å². The third-order valence-electron chi connectivity index (χ3n) is 9.21. The van der Waals surface area contributed by atoms with Gasteiger partial charge < -0.3 is 29.4 Å². The van der Waals surface area contributed by atoms with Gasteiger partial charge in [0.25, 0.3) is 0 Å². The van der Waals surface area contributed by atoms with E-state index in [1.165, 1.54) is 7.11 Å². The van der Waals surface area contributed by atoms with E-state index in [0.717, 1.165) is 42.3 Å². The molecule has 1 N–H and O–H groups in total. The first-order chi connectivity index (χ1) is 22.4. The fraction of sp³-hybridized carbons (Fsp3) is 0.485. The molecule has 3 aliphatic rings. The first-order valence-corrected chi connectivity index (χ1v) is 16.5. The monoisotopic (exact) mass is 671 g/mol. The molecule has 2 aromatic heterocycles. The van der Waals surface area contributed by atoms with Gasteiger partial charge in [-0.3, -0.25) is 4.79 Å². The topological polar surface area (TPSA) is 114 Å². The second-order valence-corrected chi connectivity index (χ2v) is 13.2. The molecule has 4 atom stereocenters. The number of aryl methyl sites for hydroxylation is 1. The number of benzene rings is 1. The summed E-state index contributed by atoms with van der Waals surface area (Å²) < 4.78 is 52.2. The van der Waals surface area contributed by atoms with E-state index in [9.17, 15) is 27.6 Å².